The Morgan fingerprint density at radius 2 is 2.10 bits per heavy atom. The van der Waals surface area contributed by atoms with Crippen LogP contribution in [0.2, 0.25) is 5.02 Å². The minimum atomic E-state index is -3.82. The summed E-state index contributed by atoms with van der Waals surface area (Å²) < 4.78 is 27.5. The van der Waals surface area contributed by atoms with Crippen molar-refractivity contribution in [3.8, 4) is 0 Å². The maximum Gasteiger partial charge on any atom is 0.335 e. The molecular weight excluding hydrogens is 302 g/mol. The third kappa shape index (κ3) is 2.82. The van der Waals surface area contributed by atoms with Gasteiger partial charge in [-0.25, -0.2) is 17.9 Å². The molecule has 0 aliphatic heterocycles. The number of nitrogens with one attached hydrogen (secondary N) is 1. The Morgan fingerprint density at radius 3 is 2.55 bits per heavy atom. The van der Waals surface area contributed by atoms with Gasteiger partial charge in [-0.1, -0.05) is 18.5 Å². The molecule has 2 N–H and O–H groups in total. The van der Waals surface area contributed by atoms with Gasteiger partial charge in [0.05, 0.1) is 10.6 Å². The summed E-state index contributed by atoms with van der Waals surface area (Å²) in [6.45, 7) is 1.93. The van der Waals surface area contributed by atoms with Gasteiger partial charge in [-0.05, 0) is 43.9 Å². The summed E-state index contributed by atoms with van der Waals surface area (Å²) >= 11 is 5.91. The van der Waals surface area contributed by atoms with Gasteiger partial charge < -0.3 is 5.11 Å². The van der Waals surface area contributed by atoms with E-state index in [-0.39, 0.29) is 15.5 Å². The summed E-state index contributed by atoms with van der Waals surface area (Å²) in [4.78, 5) is 10.8. The fraction of sp³-hybridized carbons (Fsp3) is 0.462. The molecule has 0 atom stereocenters. The largest absolute Gasteiger partial charge is 0.478 e. The van der Waals surface area contributed by atoms with Crippen LogP contribution >= 0.6 is 11.6 Å². The van der Waals surface area contributed by atoms with Crippen molar-refractivity contribution in [2.75, 3.05) is 0 Å². The molecule has 1 saturated carbocycles. The minimum absolute atomic E-state index is 0.0214. The van der Waals surface area contributed by atoms with Crippen LogP contribution in [-0.2, 0) is 10.0 Å². The van der Waals surface area contributed by atoms with Crippen molar-refractivity contribution in [1.29, 1.82) is 0 Å². The van der Waals surface area contributed by atoms with E-state index < -0.39 is 21.5 Å². The van der Waals surface area contributed by atoms with Gasteiger partial charge in [0.25, 0.3) is 0 Å². The highest BCUT2D eigenvalue weighted by Gasteiger charge is 2.39. The van der Waals surface area contributed by atoms with Gasteiger partial charge in [0.15, 0.2) is 0 Å². The van der Waals surface area contributed by atoms with E-state index in [1.54, 1.807) is 0 Å². The van der Waals surface area contributed by atoms with Crippen molar-refractivity contribution < 1.29 is 18.3 Å². The predicted octanol–water partition coefficient (Wildman–Crippen LogP) is 2.65. The summed E-state index contributed by atoms with van der Waals surface area (Å²) in [6, 6.07) is 3.66. The molecule has 1 aromatic rings. The molecule has 0 spiro atoms. The minimum Gasteiger partial charge on any atom is -0.478 e. The van der Waals surface area contributed by atoms with E-state index in [0.29, 0.717) is 6.42 Å². The van der Waals surface area contributed by atoms with E-state index in [1.807, 2.05) is 6.92 Å². The average molecular weight is 318 g/mol. The molecule has 20 heavy (non-hydrogen) atoms. The highest BCUT2D eigenvalue weighted by molar-refractivity contribution is 7.89. The Balaban J connectivity index is 2.38. The number of carboxylic acid groups (broad SMARTS) is 1. The first-order valence-corrected chi connectivity index (χ1v) is 8.23. The van der Waals surface area contributed by atoms with Crippen molar-refractivity contribution in [2.24, 2.45) is 0 Å². The van der Waals surface area contributed by atoms with Crippen LogP contribution in [-0.4, -0.2) is 25.0 Å². The topological polar surface area (TPSA) is 83.5 Å². The first kappa shape index (κ1) is 15.3. The standard InChI is InChI=1S/C13H16ClNO4S/c1-2-13(6-3-7-13)15-20(18,19)11-8-9(12(16)17)4-5-10(11)14/h4-5,8,15H,2-3,6-7H2,1H3,(H,16,17). The predicted molar refractivity (Wildman–Crippen MR) is 75.6 cm³/mol. The van der Waals surface area contributed by atoms with Gasteiger partial charge in [0.2, 0.25) is 10.0 Å². The van der Waals surface area contributed by atoms with Crippen LogP contribution in [0.4, 0.5) is 0 Å². The lowest BCUT2D eigenvalue weighted by Crippen LogP contribution is -2.52. The van der Waals surface area contributed by atoms with Gasteiger partial charge in [0, 0.05) is 5.54 Å². The number of carbonyl (C=O) groups is 1. The van der Waals surface area contributed by atoms with Crippen molar-refractivity contribution in [3.63, 3.8) is 0 Å². The summed E-state index contributed by atoms with van der Waals surface area (Å²) in [7, 11) is -3.82. The molecule has 1 aromatic carbocycles. The second-order valence-electron chi connectivity index (χ2n) is 5.04. The molecule has 0 bridgehead atoms. The van der Waals surface area contributed by atoms with E-state index in [2.05, 4.69) is 4.72 Å². The Labute approximate surface area is 123 Å². The van der Waals surface area contributed by atoms with Gasteiger partial charge in [-0.2, -0.15) is 0 Å². The molecule has 1 aliphatic carbocycles. The number of carboxylic acids is 1. The second kappa shape index (κ2) is 5.35. The highest BCUT2D eigenvalue weighted by Crippen LogP contribution is 2.36. The van der Waals surface area contributed by atoms with Crippen LogP contribution in [0.25, 0.3) is 0 Å². The number of hydrogen-bond acceptors (Lipinski definition) is 3. The Hall–Kier alpha value is -1.11. The van der Waals surface area contributed by atoms with Crippen LogP contribution in [0, 0.1) is 0 Å². The normalized spacial score (nSPS) is 17.5. The number of sulfonamides is 1. The Bertz CT molecular complexity index is 632. The molecule has 5 nitrogen and oxygen atoms in total. The van der Waals surface area contributed by atoms with E-state index in [9.17, 15) is 13.2 Å². The number of rotatable bonds is 5. The lowest BCUT2D eigenvalue weighted by Gasteiger charge is -2.41. The molecule has 0 heterocycles. The highest BCUT2D eigenvalue weighted by atomic mass is 35.5. The number of benzene rings is 1. The lowest BCUT2D eigenvalue weighted by atomic mass is 9.76. The van der Waals surface area contributed by atoms with Crippen LogP contribution in [0.3, 0.4) is 0 Å². The molecule has 0 unspecified atom stereocenters. The summed E-state index contributed by atoms with van der Waals surface area (Å²) in [5.74, 6) is -1.19. The first-order chi connectivity index (χ1) is 9.30. The van der Waals surface area contributed by atoms with Crippen LogP contribution in [0.1, 0.15) is 43.0 Å². The van der Waals surface area contributed by atoms with Crippen molar-refractivity contribution in [2.45, 2.75) is 43.0 Å². The van der Waals surface area contributed by atoms with Gasteiger partial charge in [0.1, 0.15) is 4.90 Å². The Morgan fingerprint density at radius 1 is 1.45 bits per heavy atom. The van der Waals surface area contributed by atoms with Crippen LogP contribution in [0.15, 0.2) is 23.1 Å². The Kier molecular flexibility index (Phi) is 4.09. The number of aromatic carboxylic acids is 1. The smallest absolute Gasteiger partial charge is 0.335 e. The molecule has 7 heteroatoms. The van der Waals surface area contributed by atoms with E-state index in [1.165, 1.54) is 12.1 Å². The second-order valence-corrected chi connectivity index (χ2v) is 7.10. The molecular formula is C13H16ClNO4S. The zero-order valence-electron chi connectivity index (χ0n) is 11.0. The van der Waals surface area contributed by atoms with E-state index >= 15 is 0 Å². The maximum atomic E-state index is 12.4. The lowest BCUT2D eigenvalue weighted by molar-refractivity contribution is 0.0696. The van der Waals surface area contributed by atoms with Crippen molar-refractivity contribution in [1.82, 2.24) is 4.72 Å². The first-order valence-electron chi connectivity index (χ1n) is 6.36. The monoisotopic (exact) mass is 317 g/mol. The molecule has 0 amide bonds. The van der Waals surface area contributed by atoms with Crippen LogP contribution in [0.5, 0.6) is 0 Å². The zero-order chi connectivity index (χ0) is 15.0. The fourth-order valence-electron chi connectivity index (χ4n) is 2.31. The summed E-state index contributed by atoms with van der Waals surface area (Å²) in [5, 5.41) is 8.97. The molecule has 0 saturated heterocycles. The SMILES string of the molecule is CCC1(NS(=O)(=O)c2cc(C(=O)O)ccc2Cl)CCC1. The fourth-order valence-corrected chi connectivity index (χ4v) is 4.37. The molecule has 0 aromatic heterocycles. The molecule has 1 fully saturated rings. The molecule has 0 radical (unpaired) electrons. The molecule has 1 aliphatic rings. The van der Waals surface area contributed by atoms with E-state index in [4.69, 9.17) is 16.7 Å². The zero-order valence-corrected chi connectivity index (χ0v) is 12.6. The third-order valence-corrected chi connectivity index (χ3v) is 5.87. The maximum absolute atomic E-state index is 12.4. The van der Waals surface area contributed by atoms with Crippen molar-refractivity contribution in [3.05, 3.63) is 28.8 Å². The molecule has 110 valence electrons. The quantitative estimate of drug-likeness (QED) is 0.874. The van der Waals surface area contributed by atoms with Gasteiger partial charge in [-0.3, -0.25) is 0 Å². The third-order valence-electron chi connectivity index (χ3n) is 3.81. The number of halogens is 1. The van der Waals surface area contributed by atoms with Gasteiger partial charge in [-0.15, -0.1) is 0 Å². The summed E-state index contributed by atoms with van der Waals surface area (Å²) in [5.41, 5.74) is -0.518. The molecule has 2 rings (SSSR count). The van der Waals surface area contributed by atoms with E-state index in [0.717, 1.165) is 25.3 Å². The van der Waals surface area contributed by atoms with Gasteiger partial charge >= 0.3 is 5.97 Å². The number of hydrogen-bond donors (Lipinski definition) is 2. The summed E-state index contributed by atoms with van der Waals surface area (Å²) in [6.07, 6.45) is 3.26. The van der Waals surface area contributed by atoms with Crippen LogP contribution < -0.4 is 4.72 Å². The van der Waals surface area contributed by atoms with Crippen molar-refractivity contribution >= 4 is 27.6 Å². The average Bonchev–Trinajstić information content (AvgIpc) is 2.34.